The number of ether oxygens (including phenoxy) is 1. The van der Waals surface area contributed by atoms with Crippen molar-refractivity contribution in [2.24, 2.45) is 14.1 Å². The smallest absolute Gasteiger partial charge is 0.332 e. The first kappa shape index (κ1) is 17.8. The number of para-hydroxylation sites is 1. The van der Waals surface area contributed by atoms with Crippen LogP contribution >= 0.6 is 11.8 Å². The van der Waals surface area contributed by atoms with Crippen molar-refractivity contribution in [1.29, 1.82) is 0 Å². The van der Waals surface area contributed by atoms with E-state index in [1.165, 1.54) is 23.4 Å². The molecule has 0 fully saturated rings. The normalized spacial score (nSPS) is 10.7. The molecule has 0 bridgehead atoms. The second-order valence-electron chi connectivity index (χ2n) is 5.45. The van der Waals surface area contributed by atoms with Crippen molar-refractivity contribution in [2.75, 3.05) is 12.9 Å². The van der Waals surface area contributed by atoms with Gasteiger partial charge in [-0.1, -0.05) is 29.8 Å². The zero-order chi connectivity index (χ0) is 18.8. The Kier molecular flexibility index (Phi) is 4.82. The van der Waals surface area contributed by atoms with Gasteiger partial charge in [-0.25, -0.2) is 14.8 Å². The van der Waals surface area contributed by atoms with Gasteiger partial charge in [-0.05, 0) is 12.1 Å². The van der Waals surface area contributed by atoms with E-state index in [4.69, 9.17) is 11.2 Å². The summed E-state index contributed by atoms with van der Waals surface area (Å²) in [6.45, 7) is 0. The number of hydrogen-bond acceptors (Lipinski definition) is 6. The zero-order valence-electron chi connectivity index (χ0n) is 14.5. The molecule has 0 aliphatic carbocycles. The largest absolute Gasteiger partial charge is 0.496 e. The van der Waals surface area contributed by atoms with Gasteiger partial charge in [-0.2, -0.15) is 0 Å². The Bertz CT molecular complexity index is 1160. The Morgan fingerprint density at radius 3 is 2.62 bits per heavy atom. The summed E-state index contributed by atoms with van der Waals surface area (Å²) < 4.78 is 7.74. The Morgan fingerprint density at radius 2 is 1.92 bits per heavy atom. The van der Waals surface area contributed by atoms with Crippen LogP contribution in [0.3, 0.4) is 0 Å². The lowest BCUT2D eigenvalue weighted by Crippen LogP contribution is -2.37. The number of hydrogen-bond donors (Lipinski definition) is 0. The fourth-order valence-corrected chi connectivity index (χ4v) is 3.29. The first-order valence-corrected chi connectivity index (χ1v) is 8.65. The van der Waals surface area contributed by atoms with Crippen LogP contribution in [0.5, 0.6) is 5.75 Å². The number of methoxy groups -OCH3 is 1. The maximum atomic E-state index is 12.6. The van der Waals surface area contributed by atoms with Crippen molar-refractivity contribution >= 4 is 22.8 Å². The number of nitrogens with zero attached hydrogens (tertiary/aromatic N) is 4. The minimum atomic E-state index is -0.458. The molecule has 0 saturated heterocycles. The second kappa shape index (κ2) is 7.06. The molecule has 0 aliphatic rings. The quantitative estimate of drug-likeness (QED) is 0.394. The van der Waals surface area contributed by atoms with Gasteiger partial charge in [0.2, 0.25) is 0 Å². The predicted molar refractivity (Wildman–Crippen MR) is 102 cm³/mol. The highest BCUT2D eigenvalue weighted by Gasteiger charge is 2.19. The summed E-state index contributed by atoms with van der Waals surface area (Å²) in [5.41, 5.74) is 0.00962. The zero-order valence-corrected chi connectivity index (χ0v) is 15.3. The summed E-state index contributed by atoms with van der Waals surface area (Å²) in [5.74, 6) is 3.81. The van der Waals surface area contributed by atoms with Crippen LogP contribution in [0.4, 0.5) is 0 Å². The van der Waals surface area contributed by atoms with Gasteiger partial charge in [-0.3, -0.25) is 13.9 Å². The fraction of sp³-hybridized carbons (Fsp3) is 0.222. The molecule has 3 rings (SSSR count). The first-order valence-electron chi connectivity index (χ1n) is 7.67. The molecule has 0 atom stereocenters. The second-order valence-corrected chi connectivity index (χ2v) is 6.41. The molecule has 0 aliphatic heterocycles. The molecular weight excluding hydrogens is 352 g/mol. The number of thioether (sulfide) groups is 1. The Balaban J connectivity index is 2.43. The standard InChI is InChI=1S/C18H16N4O3S/c1-5-10-26-16-13-15(21(2)18(24)22(3)17(13)23)19-14(20-16)11-8-6-7-9-12(11)25-4/h1,6-9H,10H2,2-4H3. The summed E-state index contributed by atoms with van der Waals surface area (Å²) in [6, 6.07) is 7.28. The lowest BCUT2D eigenvalue weighted by molar-refractivity contribution is 0.416. The molecule has 2 aromatic heterocycles. The van der Waals surface area contributed by atoms with E-state index < -0.39 is 11.2 Å². The number of terminal acetylenes is 1. The average molecular weight is 368 g/mol. The van der Waals surface area contributed by atoms with E-state index in [2.05, 4.69) is 15.9 Å². The minimum absolute atomic E-state index is 0.258. The minimum Gasteiger partial charge on any atom is -0.496 e. The van der Waals surface area contributed by atoms with Gasteiger partial charge in [0.05, 0.1) is 18.4 Å². The van der Waals surface area contributed by atoms with E-state index in [0.717, 1.165) is 4.57 Å². The molecule has 0 amide bonds. The summed E-state index contributed by atoms with van der Waals surface area (Å²) >= 11 is 1.25. The molecule has 1 aromatic carbocycles. The summed E-state index contributed by atoms with van der Waals surface area (Å²) in [7, 11) is 4.55. The van der Waals surface area contributed by atoms with Gasteiger partial charge in [-0.15, -0.1) is 6.42 Å². The van der Waals surface area contributed by atoms with E-state index in [1.54, 1.807) is 20.2 Å². The van der Waals surface area contributed by atoms with Crippen LogP contribution in [0.1, 0.15) is 0 Å². The molecule has 0 radical (unpaired) electrons. The van der Waals surface area contributed by atoms with Crippen LogP contribution in [0, 0.1) is 12.3 Å². The summed E-state index contributed by atoms with van der Waals surface area (Å²) in [6.07, 6.45) is 5.36. The van der Waals surface area contributed by atoms with Crippen molar-refractivity contribution in [3.05, 3.63) is 45.1 Å². The van der Waals surface area contributed by atoms with Gasteiger partial charge in [0.1, 0.15) is 16.2 Å². The SMILES string of the molecule is C#CCSc1nc(-c2ccccc2OC)nc2c1c(=O)n(C)c(=O)n2C. The maximum Gasteiger partial charge on any atom is 0.332 e. The molecule has 0 unspecified atom stereocenters. The molecule has 7 nitrogen and oxygen atoms in total. The molecule has 0 spiro atoms. The van der Waals surface area contributed by atoms with E-state index in [-0.39, 0.29) is 11.0 Å². The number of aromatic nitrogens is 4. The average Bonchev–Trinajstić information content (AvgIpc) is 2.68. The Hall–Kier alpha value is -3.05. The number of fused-ring (bicyclic) bond motifs is 1. The molecule has 2 heterocycles. The Morgan fingerprint density at radius 1 is 1.19 bits per heavy atom. The molecule has 0 saturated carbocycles. The number of benzene rings is 1. The van der Waals surface area contributed by atoms with Crippen LogP contribution in [0.15, 0.2) is 38.9 Å². The monoisotopic (exact) mass is 368 g/mol. The highest BCUT2D eigenvalue weighted by atomic mass is 32.2. The van der Waals surface area contributed by atoms with Gasteiger partial charge < -0.3 is 4.74 Å². The topological polar surface area (TPSA) is 79.0 Å². The van der Waals surface area contributed by atoms with Crippen molar-refractivity contribution in [1.82, 2.24) is 19.1 Å². The van der Waals surface area contributed by atoms with Crippen molar-refractivity contribution in [3.63, 3.8) is 0 Å². The van der Waals surface area contributed by atoms with E-state index in [0.29, 0.717) is 27.9 Å². The van der Waals surface area contributed by atoms with Crippen LogP contribution in [0.25, 0.3) is 22.4 Å². The van der Waals surface area contributed by atoms with Gasteiger partial charge >= 0.3 is 5.69 Å². The lowest BCUT2D eigenvalue weighted by Gasteiger charge is -2.12. The highest BCUT2D eigenvalue weighted by Crippen LogP contribution is 2.30. The van der Waals surface area contributed by atoms with Crippen LogP contribution in [0.2, 0.25) is 0 Å². The molecular formula is C18H16N4O3S. The van der Waals surface area contributed by atoms with Crippen LogP contribution in [-0.4, -0.2) is 32.0 Å². The van der Waals surface area contributed by atoms with Crippen LogP contribution < -0.4 is 16.0 Å². The maximum absolute atomic E-state index is 12.6. The molecule has 8 heteroatoms. The van der Waals surface area contributed by atoms with Gasteiger partial charge in [0, 0.05) is 14.1 Å². The first-order chi connectivity index (χ1) is 12.5. The van der Waals surface area contributed by atoms with Crippen molar-refractivity contribution in [2.45, 2.75) is 5.03 Å². The van der Waals surface area contributed by atoms with Gasteiger partial charge in [0.15, 0.2) is 11.5 Å². The van der Waals surface area contributed by atoms with E-state index in [9.17, 15) is 9.59 Å². The van der Waals surface area contributed by atoms with E-state index >= 15 is 0 Å². The Labute approximate surface area is 153 Å². The molecule has 132 valence electrons. The summed E-state index contributed by atoms with van der Waals surface area (Å²) in [5, 5.41) is 0.707. The summed E-state index contributed by atoms with van der Waals surface area (Å²) in [4.78, 5) is 34.0. The lowest BCUT2D eigenvalue weighted by atomic mass is 10.2. The number of aryl methyl sites for hydroxylation is 1. The van der Waals surface area contributed by atoms with Crippen molar-refractivity contribution in [3.8, 4) is 29.5 Å². The third kappa shape index (κ3) is 2.86. The fourth-order valence-electron chi connectivity index (χ4n) is 2.59. The third-order valence-electron chi connectivity index (χ3n) is 3.91. The van der Waals surface area contributed by atoms with E-state index in [1.807, 2.05) is 18.2 Å². The van der Waals surface area contributed by atoms with Crippen LogP contribution in [-0.2, 0) is 14.1 Å². The third-order valence-corrected chi connectivity index (χ3v) is 4.79. The number of rotatable bonds is 4. The molecule has 3 aromatic rings. The predicted octanol–water partition coefficient (Wildman–Crippen LogP) is 1.43. The molecule has 26 heavy (non-hydrogen) atoms. The van der Waals surface area contributed by atoms with Crippen molar-refractivity contribution < 1.29 is 4.74 Å². The highest BCUT2D eigenvalue weighted by molar-refractivity contribution is 7.99. The molecule has 0 N–H and O–H groups in total. The van der Waals surface area contributed by atoms with Gasteiger partial charge in [0.25, 0.3) is 5.56 Å².